The van der Waals surface area contributed by atoms with E-state index in [1.165, 1.54) is 29.7 Å². The van der Waals surface area contributed by atoms with Gasteiger partial charge in [-0.05, 0) is 37.4 Å². The molecule has 134 valence electrons. The maximum absolute atomic E-state index is 11.8. The van der Waals surface area contributed by atoms with Crippen LogP contribution in [0.4, 0.5) is 5.82 Å². The molecular formula is C17H15ClN4O2S2. The molecule has 6 nitrogen and oxygen atoms in total. The second kappa shape index (κ2) is 6.29. The SMILES string of the molecule is [2H]C([2H])([2H])c1ccc(S(=O)(=O)Cl)cc1-c1cnc(N)c(-c2cnc(C3CC3)s2)n1. The number of thiazole rings is 1. The summed E-state index contributed by atoms with van der Waals surface area (Å²) in [6, 6.07) is 3.56. The summed E-state index contributed by atoms with van der Waals surface area (Å²) in [5.74, 6) is 0.648. The molecule has 0 saturated heterocycles. The number of anilines is 1. The highest BCUT2D eigenvalue weighted by molar-refractivity contribution is 8.13. The van der Waals surface area contributed by atoms with Crippen molar-refractivity contribution in [1.82, 2.24) is 15.0 Å². The molecule has 1 aliphatic rings. The predicted octanol–water partition coefficient (Wildman–Crippen LogP) is 3.96. The van der Waals surface area contributed by atoms with E-state index in [1.54, 1.807) is 6.20 Å². The molecule has 2 heterocycles. The fourth-order valence-corrected chi connectivity index (χ4v) is 4.38. The molecule has 1 aliphatic carbocycles. The topological polar surface area (TPSA) is 98.8 Å². The van der Waals surface area contributed by atoms with E-state index in [-0.39, 0.29) is 27.5 Å². The molecule has 26 heavy (non-hydrogen) atoms. The van der Waals surface area contributed by atoms with Crippen LogP contribution in [0.15, 0.2) is 35.5 Å². The molecule has 3 aromatic rings. The molecule has 0 unspecified atom stereocenters. The average Bonchev–Trinajstić information content (AvgIpc) is 3.37. The Hall–Kier alpha value is -2.03. The maximum Gasteiger partial charge on any atom is 0.261 e. The number of aromatic nitrogens is 3. The quantitative estimate of drug-likeness (QED) is 0.654. The highest BCUT2D eigenvalue weighted by Crippen LogP contribution is 2.44. The molecule has 0 aliphatic heterocycles. The number of rotatable bonds is 4. The van der Waals surface area contributed by atoms with E-state index in [2.05, 4.69) is 15.0 Å². The van der Waals surface area contributed by atoms with Crippen molar-refractivity contribution < 1.29 is 12.5 Å². The lowest BCUT2D eigenvalue weighted by molar-refractivity contribution is 0.609. The molecular weight excluding hydrogens is 392 g/mol. The first kappa shape index (κ1) is 14.1. The summed E-state index contributed by atoms with van der Waals surface area (Å²) in [7, 11) is 1.39. The van der Waals surface area contributed by atoms with Gasteiger partial charge in [0.2, 0.25) is 0 Å². The Morgan fingerprint density at radius 2 is 2.12 bits per heavy atom. The van der Waals surface area contributed by atoms with Crippen molar-refractivity contribution in [2.75, 3.05) is 5.73 Å². The van der Waals surface area contributed by atoms with E-state index < -0.39 is 15.9 Å². The summed E-state index contributed by atoms with van der Waals surface area (Å²) in [5.41, 5.74) is 6.61. The van der Waals surface area contributed by atoms with E-state index >= 15 is 0 Å². The van der Waals surface area contributed by atoms with Crippen LogP contribution < -0.4 is 5.73 Å². The van der Waals surface area contributed by atoms with Gasteiger partial charge in [0, 0.05) is 32.5 Å². The Balaban J connectivity index is 1.87. The number of nitrogen functional groups attached to an aromatic ring is 1. The number of aryl methyl sites for hydroxylation is 1. The number of nitrogens with zero attached hydrogens (tertiary/aromatic N) is 3. The van der Waals surface area contributed by atoms with Crippen molar-refractivity contribution in [2.45, 2.75) is 30.5 Å². The van der Waals surface area contributed by atoms with Gasteiger partial charge in [0.25, 0.3) is 9.05 Å². The van der Waals surface area contributed by atoms with Gasteiger partial charge >= 0.3 is 0 Å². The van der Waals surface area contributed by atoms with Crippen LogP contribution in [0.25, 0.3) is 21.8 Å². The zero-order chi connectivity index (χ0) is 21.0. The molecule has 2 N–H and O–H groups in total. The number of nitrogens with two attached hydrogens (primary N) is 1. The highest BCUT2D eigenvalue weighted by Gasteiger charge is 2.27. The molecule has 0 spiro atoms. The first-order chi connectivity index (χ1) is 13.5. The largest absolute Gasteiger partial charge is 0.382 e. The molecule has 0 atom stereocenters. The second-order valence-corrected chi connectivity index (χ2v) is 9.60. The van der Waals surface area contributed by atoms with Gasteiger partial charge in [0.15, 0.2) is 5.82 Å². The molecule has 1 fully saturated rings. The minimum atomic E-state index is -4.06. The number of halogens is 1. The van der Waals surface area contributed by atoms with Crippen LogP contribution in [-0.2, 0) is 9.05 Å². The van der Waals surface area contributed by atoms with Crippen LogP contribution in [0.1, 0.15) is 33.4 Å². The Morgan fingerprint density at radius 3 is 2.81 bits per heavy atom. The van der Waals surface area contributed by atoms with E-state index in [1.807, 2.05) is 0 Å². The highest BCUT2D eigenvalue weighted by atomic mass is 35.7. The summed E-state index contributed by atoms with van der Waals surface area (Å²) < 4.78 is 46.8. The lowest BCUT2D eigenvalue weighted by atomic mass is 10.1. The monoisotopic (exact) mass is 409 g/mol. The van der Waals surface area contributed by atoms with Crippen LogP contribution in [0.5, 0.6) is 0 Å². The van der Waals surface area contributed by atoms with Crippen LogP contribution in [0.2, 0.25) is 0 Å². The minimum Gasteiger partial charge on any atom is -0.382 e. The van der Waals surface area contributed by atoms with E-state index in [0.29, 0.717) is 11.6 Å². The fourth-order valence-electron chi connectivity index (χ4n) is 2.51. The zero-order valence-corrected chi connectivity index (χ0v) is 15.7. The van der Waals surface area contributed by atoms with Gasteiger partial charge in [-0.1, -0.05) is 6.07 Å². The van der Waals surface area contributed by atoms with Crippen molar-refractivity contribution in [3.05, 3.63) is 41.2 Å². The lowest BCUT2D eigenvalue weighted by Crippen LogP contribution is -2.00. The van der Waals surface area contributed by atoms with E-state index in [0.717, 1.165) is 28.8 Å². The summed E-state index contributed by atoms with van der Waals surface area (Å²) in [6.45, 7) is -2.49. The van der Waals surface area contributed by atoms with E-state index in [9.17, 15) is 8.42 Å². The van der Waals surface area contributed by atoms with Crippen molar-refractivity contribution >= 4 is 36.9 Å². The minimum absolute atomic E-state index is 0.0606. The summed E-state index contributed by atoms with van der Waals surface area (Å²) >= 11 is 1.47. The van der Waals surface area contributed by atoms with Gasteiger partial charge in [0.1, 0.15) is 5.69 Å². The molecule has 1 aromatic carbocycles. The lowest BCUT2D eigenvalue weighted by Gasteiger charge is -2.09. The molecule has 0 bridgehead atoms. The Morgan fingerprint density at radius 1 is 1.31 bits per heavy atom. The smallest absolute Gasteiger partial charge is 0.261 e. The molecule has 1 saturated carbocycles. The van der Waals surface area contributed by atoms with Gasteiger partial charge in [-0.25, -0.2) is 23.4 Å². The predicted molar refractivity (Wildman–Crippen MR) is 103 cm³/mol. The number of hydrogen-bond donors (Lipinski definition) is 1. The van der Waals surface area contributed by atoms with Crippen LogP contribution in [-0.4, -0.2) is 23.4 Å². The van der Waals surface area contributed by atoms with E-state index in [4.69, 9.17) is 20.5 Å². The summed E-state index contributed by atoms with van der Waals surface area (Å²) in [5, 5.41) is 1.00. The Labute approximate surface area is 163 Å². The van der Waals surface area contributed by atoms with Gasteiger partial charge in [-0.2, -0.15) is 0 Å². The van der Waals surface area contributed by atoms with Crippen LogP contribution in [0.3, 0.4) is 0 Å². The molecule has 9 heteroatoms. The first-order valence-corrected chi connectivity index (χ1v) is 10.8. The van der Waals surface area contributed by atoms with Gasteiger partial charge in [-0.15, -0.1) is 11.3 Å². The van der Waals surface area contributed by atoms with Crippen molar-refractivity contribution in [1.29, 1.82) is 0 Å². The third kappa shape index (κ3) is 3.32. The fraction of sp³-hybridized carbons (Fsp3) is 0.235. The normalized spacial score (nSPS) is 16.7. The zero-order valence-electron chi connectivity index (χ0n) is 16.3. The van der Waals surface area contributed by atoms with Crippen molar-refractivity contribution in [3.63, 3.8) is 0 Å². The first-order valence-electron chi connectivity index (χ1n) is 9.22. The van der Waals surface area contributed by atoms with Crippen molar-refractivity contribution in [2.24, 2.45) is 0 Å². The second-order valence-electron chi connectivity index (χ2n) is 5.97. The Kier molecular flexibility index (Phi) is 3.41. The van der Waals surface area contributed by atoms with Gasteiger partial charge in [0.05, 0.1) is 26.7 Å². The molecule has 4 rings (SSSR count). The number of hydrogen-bond acceptors (Lipinski definition) is 7. The molecule has 0 radical (unpaired) electrons. The number of benzene rings is 1. The third-order valence-electron chi connectivity index (χ3n) is 4.03. The molecule has 0 amide bonds. The maximum atomic E-state index is 11.8. The standard InChI is InChI=1S/C17H15ClN4O2S2/c1-9-2-5-11(26(18,23)24)6-12(9)13-7-20-16(19)15(22-13)14-8-21-17(25-14)10-3-4-10/h2,5-8,10H,3-4H2,1H3,(H2,19,20)/i1D3. The van der Waals surface area contributed by atoms with Crippen molar-refractivity contribution in [3.8, 4) is 21.8 Å². The summed E-state index contributed by atoms with van der Waals surface area (Å²) in [4.78, 5) is 13.5. The summed E-state index contributed by atoms with van der Waals surface area (Å²) in [6.07, 6.45) is 5.20. The van der Waals surface area contributed by atoms with Crippen LogP contribution >= 0.6 is 22.0 Å². The average molecular weight is 410 g/mol. The van der Waals surface area contributed by atoms with Gasteiger partial charge < -0.3 is 5.73 Å². The van der Waals surface area contributed by atoms with Crippen LogP contribution in [0, 0.1) is 6.85 Å². The Bertz CT molecular complexity index is 1210. The third-order valence-corrected chi connectivity index (χ3v) is 6.55. The van der Waals surface area contributed by atoms with Gasteiger partial charge in [-0.3, -0.25) is 0 Å². The molecule has 2 aromatic heterocycles.